The van der Waals surface area contributed by atoms with Crippen LogP contribution in [0.2, 0.25) is 0 Å². The van der Waals surface area contributed by atoms with Crippen molar-refractivity contribution in [2.75, 3.05) is 13.4 Å². The van der Waals surface area contributed by atoms with Gasteiger partial charge in [-0.25, -0.2) is 0 Å². The molecule has 1 saturated heterocycles. The van der Waals surface area contributed by atoms with Crippen LogP contribution in [0.25, 0.3) is 0 Å². The lowest BCUT2D eigenvalue weighted by molar-refractivity contribution is 0.0116. The molecule has 4 heteroatoms. The van der Waals surface area contributed by atoms with Crippen molar-refractivity contribution in [1.29, 1.82) is 0 Å². The van der Waals surface area contributed by atoms with Crippen molar-refractivity contribution in [3.8, 4) is 11.5 Å². The summed E-state index contributed by atoms with van der Waals surface area (Å²) in [6.07, 6.45) is 2.52. The fraction of sp³-hybridized carbons (Fsp3) is 0.600. The van der Waals surface area contributed by atoms with E-state index in [4.69, 9.17) is 14.2 Å². The van der Waals surface area contributed by atoms with E-state index in [-0.39, 0.29) is 0 Å². The van der Waals surface area contributed by atoms with Gasteiger partial charge in [-0.2, -0.15) is 0 Å². The Bertz CT molecular complexity index is 449. The smallest absolute Gasteiger partial charge is 0.231 e. The summed E-state index contributed by atoms with van der Waals surface area (Å²) >= 11 is 0. The highest BCUT2D eigenvalue weighted by atomic mass is 16.7. The van der Waals surface area contributed by atoms with E-state index in [0.29, 0.717) is 25.0 Å². The summed E-state index contributed by atoms with van der Waals surface area (Å²) in [5, 5.41) is 3.68. The van der Waals surface area contributed by atoms with Crippen LogP contribution in [-0.4, -0.2) is 25.5 Å². The van der Waals surface area contributed by atoms with Crippen LogP contribution in [0.4, 0.5) is 0 Å². The first kappa shape index (κ1) is 12.8. The largest absolute Gasteiger partial charge is 0.454 e. The topological polar surface area (TPSA) is 39.7 Å². The fourth-order valence-electron chi connectivity index (χ4n) is 2.78. The molecule has 0 saturated carbocycles. The van der Waals surface area contributed by atoms with Crippen LogP contribution >= 0.6 is 0 Å². The average Bonchev–Trinajstić information content (AvgIpc) is 2.85. The predicted octanol–water partition coefficient (Wildman–Crippen LogP) is 2.63. The van der Waals surface area contributed by atoms with E-state index < -0.39 is 0 Å². The van der Waals surface area contributed by atoms with Gasteiger partial charge in [0.25, 0.3) is 0 Å². The maximum atomic E-state index is 5.58. The zero-order valence-electron chi connectivity index (χ0n) is 11.5. The van der Waals surface area contributed by atoms with Gasteiger partial charge in [0.2, 0.25) is 6.79 Å². The van der Waals surface area contributed by atoms with E-state index in [9.17, 15) is 0 Å². The standard InChI is InChI=1S/C15H21NO3/c1-10-7-13(5-6-17-10)16-11(2)12-3-4-14-15(8-12)19-9-18-14/h3-4,8,10-11,13,16H,5-7,9H2,1-2H3. The second kappa shape index (κ2) is 5.39. The van der Waals surface area contributed by atoms with Crippen molar-refractivity contribution < 1.29 is 14.2 Å². The van der Waals surface area contributed by atoms with Crippen molar-refractivity contribution in [2.24, 2.45) is 0 Å². The Hall–Kier alpha value is -1.26. The van der Waals surface area contributed by atoms with Crippen LogP contribution in [0.3, 0.4) is 0 Å². The first-order chi connectivity index (χ1) is 9.22. The molecule has 4 nitrogen and oxygen atoms in total. The van der Waals surface area contributed by atoms with Crippen molar-refractivity contribution in [1.82, 2.24) is 5.32 Å². The third-order valence-electron chi connectivity index (χ3n) is 3.87. The molecule has 3 rings (SSSR count). The maximum absolute atomic E-state index is 5.58. The Morgan fingerprint density at radius 3 is 2.95 bits per heavy atom. The van der Waals surface area contributed by atoms with Gasteiger partial charge in [-0.15, -0.1) is 0 Å². The number of benzene rings is 1. The Labute approximate surface area is 114 Å². The molecule has 0 radical (unpaired) electrons. The van der Waals surface area contributed by atoms with Crippen molar-refractivity contribution in [3.63, 3.8) is 0 Å². The number of ether oxygens (including phenoxy) is 3. The molecule has 1 N–H and O–H groups in total. The second-order valence-electron chi connectivity index (χ2n) is 5.40. The van der Waals surface area contributed by atoms with Gasteiger partial charge in [-0.1, -0.05) is 6.07 Å². The van der Waals surface area contributed by atoms with Crippen LogP contribution < -0.4 is 14.8 Å². The lowest BCUT2D eigenvalue weighted by Crippen LogP contribution is -2.39. The summed E-state index contributed by atoms with van der Waals surface area (Å²) in [6.45, 7) is 5.52. The van der Waals surface area contributed by atoms with Crippen LogP contribution in [0.1, 0.15) is 38.3 Å². The molecule has 1 fully saturated rings. The summed E-state index contributed by atoms with van der Waals surface area (Å²) in [5.41, 5.74) is 1.24. The van der Waals surface area contributed by atoms with Gasteiger partial charge in [0.1, 0.15) is 0 Å². The number of nitrogens with one attached hydrogen (secondary N) is 1. The predicted molar refractivity (Wildman–Crippen MR) is 72.6 cm³/mol. The highest BCUT2D eigenvalue weighted by molar-refractivity contribution is 5.45. The monoisotopic (exact) mass is 263 g/mol. The SMILES string of the molecule is CC1CC(NC(C)c2ccc3c(c2)OCO3)CCO1. The molecule has 3 unspecified atom stereocenters. The van der Waals surface area contributed by atoms with Crippen LogP contribution in [0.5, 0.6) is 11.5 Å². The van der Waals surface area contributed by atoms with E-state index in [1.54, 1.807) is 0 Å². The molecule has 3 atom stereocenters. The first-order valence-corrected chi connectivity index (χ1v) is 6.99. The molecule has 0 amide bonds. The normalized spacial score (nSPS) is 27.3. The summed E-state index contributed by atoms with van der Waals surface area (Å²) in [5.74, 6) is 1.70. The molecular formula is C15H21NO3. The molecule has 1 aromatic carbocycles. The van der Waals surface area contributed by atoms with E-state index in [1.807, 2.05) is 6.07 Å². The van der Waals surface area contributed by atoms with Gasteiger partial charge in [-0.05, 0) is 44.4 Å². The van der Waals surface area contributed by atoms with Crippen molar-refractivity contribution in [3.05, 3.63) is 23.8 Å². The van der Waals surface area contributed by atoms with Crippen LogP contribution in [0, 0.1) is 0 Å². The van der Waals surface area contributed by atoms with Gasteiger partial charge >= 0.3 is 0 Å². The Kier molecular flexibility index (Phi) is 3.62. The Morgan fingerprint density at radius 1 is 1.26 bits per heavy atom. The van der Waals surface area contributed by atoms with Gasteiger partial charge in [0.15, 0.2) is 11.5 Å². The number of hydrogen-bond donors (Lipinski definition) is 1. The Balaban J connectivity index is 1.65. The summed E-state index contributed by atoms with van der Waals surface area (Å²) < 4.78 is 16.3. The summed E-state index contributed by atoms with van der Waals surface area (Å²) in [7, 11) is 0. The third-order valence-corrected chi connectivity index (χ3v) is 3.87. The number of hydrogen-bond acceptors (Lipinski definition) is 4. The highest BCUT2D eigenvalue weighted by Gasteiger charge is 2.22. The summed E-state index contributed by atoms with van der Waals surface area (Å²) in [6, 6.07) is 7.01. The lowest BCUT2D eigenvalue weighted by atomic mass is 10.0. The quantitative estimate of drug-likeness (QED) is 0.910. The molecule has 0 aliphatic carbocycles. The molecule has 2 aliphatic rings. The van der Waals surface area contributed by atoms with E-state index >= 15 is 0 Å². The van der Waals surface area contributed by atoms with Crippen molar-refractivity contribution >= 4 is 0 Å². The average molecular weight is 263 g/mol. The van der Waals surface area contributed by atoms with Gasteiger partial charge < -0.3 is 19.5 Å². The minimum absolute atomic E-state index is 0.310. The molecular weight excluding hydrogens is 242 g/mol. The Morgan fingerprint density at radius 2 is 2.11 bits per heavy atom. The fourth-order valence-corrected chi connectivity index (χ4v) is 2.78. The molecule has 2 heterocycles. The van der Waals surface area contributed by atoms with Crippen LogP contribution in [0.15, 0.2) is 18.2 Å². The maximum Gasteiger partial charge on any atom is 0.231 e. The first-order valence-electron chi connectivity index (χ1n) is 6.99. The second-order valence-corrected chi connectivity index (χ2v) is 5.40. The van der Waals surface area contributed by atoms with Gasteiger partial charge in [0, 0.05) is 18.7 Å². The molecule has 0 aromatic heterocycles. The lowest BCUT2D eigenvalue weighted by Gasteiger charge is -2.30. The molecule has 0 spiro atoms. The van der Waals surface area contributed by atoms with Gasteiger partial charge in [0.05, 0.1) is 6.10 Å². The molecule has 1 aromatic rings. The minimum atomic E-state index is 0.310. The minimum Gasteiger partial charge on any atom is -0.454 e. The van der Waals surface area contributed by atoms with Crippen molar-refractivity contribution in [2.45, 2.75) is 44.9 Å². The molecule has 2 aliphatic heterocycles. The van der Waals surface area contributed by atoms with E-state index in [0.717, 1.165) is 30.9 Å². The van der Waals surface area contributed by atoms with E-state index in [1.165, 1.54) is 5.56 Å². The third kappa shape index (κ3) is 2.85. The highest BCUT2D eigenvalue weighted by Crippen LogP contribution is 2.34. The zero-order valence-corrected chi connectivity index (χ0v) is 11.5. The van der Waals surface area contributed by atoms with Gasteiger partial charge in [-0.3, -0.25) is 0 Å². The van der Waals surface area contributed by atoms with Crippen LogP contribution in [-0.2, 0) is 4.74 Å². The molecule has 19 heavy (non-hydrogen) atoms. The number of rotatable bonds is 3. The number of fused-ring (bicyclic) bond motifs is 1. The molecule has 0 bridgehead atoms. The summed E-state index contributed by atoms with van der Waals surface area (Å²) in [4.78, 5) is 0. The van der Waals surface area contributed by atoms with E-state index in [2.05, 4.69) is 31.3 Å². The zero-order chi connectivity index (χ0) is 13.2. The molecule has 104 valence electrons.